The molecule has 1 unspecified atom stereocenters. The van der Waals surface area contributed by atoms with Crippen molar-refractivity contribution in [2.75, 3.05) is 54.8 Å². The lowest BCUT2D eigenvalue weighted by atomic mass is 9.94. The lowest BCUT2D eigenvalue weighted by Crippen LogP contribution is -2.54. The van der Waals surface area contributed by atoms with Crippen LogP contribution in [-0.4, -0.2) is 105 Å². The zero-order valence-electron chi connectivity index (χ0n) is 31.6. The lowest BCUT2D eigenvalue weighted by Gasteiger charge is -2.43. The number of carbonyl (C=O) groups excluding carboxylic acids is 5. The van der Waals surface area contributed by atoms with Gasteiger partial charge in [-0.1, -0.05) is 23.5 Å². The average Bonchev–Trinajstić information content (AvgIpc) is 3.68. The molecule has 0 saturated carbocycles. The molecule has 5 amide bonds. The number of thiazole rings is 1. The number of hydrogen-bond donors (Lipinski definition) is 4. The van der Waals surface area contributed by atoms with Crippen molar-refractivity contribution in [2.24, 2.45) is 11.8 Å². The Bertz CT molecular complexity index is 2330. The van der Waals surface area contributed by atoms with E-state index in [9.17, 15) is 42.3 Å². The third-order valence-electron chi connectivity index (χ3n) is 11.0. The highest BCUT2D eigenvalue weighted by molar-refractivity contribution is 7.22. The molecule has 15 nitrogen and oxygen atoms in total. The molecule has 3 saturated heterocycles. The normalized spacial score (nSPS) is 19.7. The van der Waals surface area contributed by atoms with Crippen LogP contribution in [0, 0.1) is 11.8 Å². The second-order valence-electron chi connectivity index (χ2n) is 15.7. The molecule has 4 N–H and O–H groups in total. The van der Waals surface area contributed by atoms with Gasteiger partial charge in [-0.05, 0) is 82.4 Å². The Morgan fingerprint density at radius 3 is 2.40 bits per heavy atom. The van der Waals surface area contributed by atoms with Gasteiger partial charge in [0.05, 0.1) is 27.2 Å². The number of pyridine rings is 2. The first-order chi connectivity index (χ1) is 27.5. The summed E-state index contributed by atoms with van der Waals surface area (Å²) in [6, 6.07) is 8.73. The molecule has 1 aromatic carbocycles. The number of imide groups is 2. The molecule has 8 rings (SSSR count). The molecule has 0 aliphatic carbocycles. The topological polar surface area (TPSA) is 190 Å². The van der Waals surface area contributed by atoms with Gasteiger partial charge in [0.25, 0.3) is 17.7 Å². The van der Waals surface area contributed by atoms with E-state index in [-0.39, 0.29) is 35.3 Å². The molecule has 19 heteroatoms. The summed E-state index contributed by atoms with van der Waals surface area (Å²) in [6.07, 6.45) is -2.66. The third-order valence-corrected chi connectivity index (χ3v) is 12.0. The van der Waals surface area contributed by atoms with E-state index in [0.717, 1.165) is 67.7 Å². The SMILES string of the molecule is CC(C)(O)c1nc2nc(N3CC(CN4CCC(CNc5cccc6c5C(=O)N(C5CCC(=O)NC5=O)C6=O)CC4)C3)sc2cc1NC(=O)c1cccc(C(F)(F)F)n1. The van der Waals surface area contributed by atoms with Gasteiger partial charge >= 0.3 is 6.18 Å². The number of alkyl halides is 3. The monoisotopic (exact) mass is 819 g/mol. The van der Waals surface area contributed by atoms with Crippen molar-refractivity contribution >= 4 is 67.7 Å². The van der Waals surface area contributed by atoms with E-state index >= 15 is 0 Å². The molecule has 4 aromatic rings. The van der Waals surface area contributed by atoms with E-state index in [0.29, 0.717) is 34.4 Å². The number of likely N-dealkylation sites (tertiary alicyclic amines) is 1. The zero-order chi connectivity index (χ0) is 41.1. The molecule has 0 spiro atoms. The first kappa shape index (κ1) is 39.3. The number of rotatable bonds is 10. The summed E-state index contributed by atoms with van der Waals surface area (Å²) in [5, 5.41) is 19.8. The molecule has 1 atom stereocenters. The summed E-state index contributed by atoms with van der Waals surface area (Å²) in [5.41, 5.74) is -1.43. The van der Waals surface area contributed by atoms with Gasteiger partial charge in [-0.15, -0.1) is 0 Å². The van der Waals surface area contributed by atoms with E-state index in [1.54, 1.807) is 24.3 Å². The number of anilines is 3. The highest BCUT2D eigenvalue weighted by Gasteiger charge is 2.46. The maximum Gasteiger partial charge on any atom is 0.433 e. The number of nitrogens with zero attached hydrogens (tertiary/aromatic N) is 6. The van der Waals surface area contributed by atoms with Crippen molar-refractivity contribution in [1.29, 1.82) is 0 Å². The minimum Gasteiger partial charge on any atom is -0.384 e. The van der Waals surface area contributed by atoms with Crippen LogP contribution in [-0.2, 0) is 21.4 Å². The van der Waals surface area contributed by atoms with Gasteiger partial charge in [-0.25, -0.2) is 9.97 Å². The smallest absolute Gasteiger partial charge is 0.384 e. The molecule has 3 fully saturated rings. The van der Waals surface area contributed by atoms with Crippen LogP contribution in [0.1, 0.15) is 82.1 Å². The Kier molecular flexibility index (Phi) is 10.2. The van der Waals surface area contributed by atoms with Crippen LogP contribution in [0.15, 0.2) is 42.5 Å². The van der Waals surface area contributed by atoms with Crippen LogP contribution in [0.2, 0.25) is 0 Å². The standard InChI is InChI=1S/C39H40F3N9O6S/c1-38(2,57)31-25(45-33(53)24-7-4-8-28(44-24)39(40,41)42)15-27-32(47-31)48-37(58-27)50-18-21(19-50)17-49-13-11-20(12-14-49)16-43-23-6-3-5-22-30(23)36(56)51(35(22)55)26-9-10-29(52)46-34(26)54/h3-8,15,20-21,26,43,57H,9-14,16-19H2,1-2H3,(H,45,53)(H,46,52,54). The minimum atomic E-state index is -4.72. The minimum absolute atomic E-state index is 0.0583. The van der Waals surface area contributed by atoms with Crippen LogP contribution >= 0.6 is 11.3 Å². The molecule has 3 aromatic heterocycles. The molecule has 58 heavy (non-hydrogen) atoms. The lowest BCUT2D eigenvalue weighted by molar-refractivity contribution is -0.141. The predicted molar refractivity (Wildman–Crippen MR) is 206 cm³/mol. The Morgan fingerprint density at radius 2 is 1.69 bits per heavy atom. The number of amides is 5. The number of piperidine rings is 2. The van der Waals surface area contributed by atoms with Crippen LogP contribution in [0.3, 0.4) is 0 Å². The maximum atomic E-state index is 13.5. The van der Waals surface area contributed by atoms with Gasteiger partial charge in [0, 0.05) is 44.2 Å². The molecule has 304 valence electrons. The summed E-state index contributed by atoms with van der Waals surface area (Å²) in [7, 11) is 0. The largest absolute Gasteiger partial charge is 0.433 e. The molecule has 0 bridgehead atoms. The second kappa shape index (κ2) is 15.0. The fourth-order valence-corrected chi connectivity index (χ4v) is 8.92. The van der Waals surface area contributed by atoms with Gasteiger partial charge in [-0.3, -0.25) is 34.2 Å². The highest BCUT2D eigenvalue weighted by atomic mass is 32.1. The number of hydrogen-bond acceptors (Lipinski definition) is 13. The number of carbonyl (C=O) groups is 5. The Labute approximate surface area is 334 Å². The second-order valence-corrected chi connectivity index (χ2v) is 16.7. The van der Waals surface area contributed by atoms with Gasteiger partial charge in [0.1, 0.15) is 23.0 Å². The fraction of sp³-hybridized carbons (Fsp3) is 0.436. The van der Waals surface area contributed by atoms with E-state index in [4.69, 9.17) is 4.98 Å². The van der Waals surface area contributed by atoms with E-state index in [1.807, 2.05) is 0 Å². The van der Waals surface area contributed by atoms with Gasteiger partial charge < -0.3 is 25.5 Å². The first-order valence-electron chi connectivity index (χ1n) is 19.0. The first-order valence-corrected chi connectivity index (χ1v) is 19.8. The Balaban J connectivity index is 0.839. The average molecular weight is 820 g/mol. The van der Waals surface area contributed by atoms with Crippen LogP contribution in [0.5, 0.6) is 0 Å². The van der Waals surface area contributed by atoms with Crippen LogP contribution in [0.25, 0.3) is 10.3 Å². The number of aliphatic hydroxyl groups is 1. The van der Waals surface area contributed by atoms with Crippen LogP contribution in [0.4, 0.5) is 29.7 Å². The van der Waals surface area contributed by atoms with E-state index in [2.05, 4.69) is 35.7 Å². The van der Waals surface area contributed by atoms with Crippen molar-refractivity contribution in [3.8, 4) is 0 Å². The van der Waals surface area contributed by atoms with E-state index < -0.39 is 58.7 Å². The number of aromatic nitrogens is 3. The summed E-state index contributed by atoms with van der Waals surface area (Å²) in [4.78, 5) is 82.0. The fourth-order valence-electron chi connectivity index (χ4n) is 7.95. The summed E-state index contributed by atoms with van der Waals surface area (Å²) >= 11 is 1.37. The van der Waals surface area contributed by atoms with Gasteiger partial charge in [-0.2, -0.15) is 18.2 Å². The van der Waals surface area contributed by atoms with Crippen molar-refractivity contribution < 1.29 is 42.3 Å². The highest BCUT2D eigenvalue weighted by Crippen LogP contribution is 2.38. The quantitative estimate of drug-likeness (QED) is 0.167. The Hall–Kier alpha value is -5.53. The molecular formula is C39H40F3N9O6S. The predicted octanol–water partition coefficient (Wildman–Crippen LogP) is 4.25. The van der Waals surface area contributed by atoms with Crippen LogP contribution < -0.4 is 20.9 Å². The third kappa shape index (κ3) is 7.72. The molecule has 4 aliphatic heterocycles. The molecule has 0 radical (unpaired) electrons. The maximum absolute atomic E-state index is 13.5. The Morgan fingerprint density at radius 1 is 0.948 bits per heavy atom. The van der Waals surface area contributed by atoms with Crippen molar-refractivity contribution in [1.82, 2.24) is 30.1 Å². The van der Waals surface area contributed by atoms with E-state index in [1.165, 1.54) is 31.3 Å². The summed E-state index contributed by atoms with van der Waals surface area (Å²) in [6.45, 7) is 7.91. The molecular weight excluding hydrogens is 780 g/mol. The zero-order valence-corrected chi connectivity index (χ0v) is 32.4. The number of fused-ring (bicyclic) bond motifs is 2. The number of benzene rings is 1. The number of nitrogens with one attached hydrogen (secondary N) is 3. The summed E-state index contributed by atoms with van der Waals surface area (Å²) < 4.78 is 40.3. The number of halogens is 3. The molecule has 7 heterocycles. The van der Waals surface area contributed by atoms with Crippen molar-refractivity contribution in [3.63, 3.8) is 0 Å². The van der Waals surface area contributed by atoms with Gasteiger partial charge in [0.15, 0.2) is 10.8 Å². The van der Waals surface area contributed by atoms with Gasteiger partial charge in [0.2, 0.25) is 11.8 Å². The molecule has 4 aliphatic rings. The summed E-state index contributed by atoms with van der Waals surface area (Å²) in [5.74, 6) is -2.24. The van der Waals surface area contributed by atoms with Crippen molar-refractivity contribution in [2.45, 2.75) is 57.3 Å². The van der Waals surface area contributed by atoms with Crippen molar-refractivity contribution in [3.05, 3.63) is 70.7 Å².